The molecule has 15 heavy (non-hydrogen) atoms. The summed E-state index contributed by atoms with van der Waals surface area (Å²) < 4.78 is 5.03. The van der Waals surface area contributed by atoms with Crippen molar-refractivity contribution in [3.05, 3.63) is 23.1 Å². The van der Waals surface area contributed by atoms with E-state index in [-0.39, 0.29) is 22.9 Å². The van der Waals surface area contributed by atoms with Crippen LogP contribution in [0.3, 0.4) is 0 Å². The second kappa shape index (κ2) is 4.49. The van der Waals surface area contributed by atoms with Crippen molar-refractivity contribution in [1.29, 1.82) is 0 Å². The van der Waals surface area contributed by atoms with Crippen molar-refractivity contribution in [3.8, 4) is 0 Å². The van der Waals surface area contributed by atoms with Gasteiger partial charge >= 0.3 is 0 Å². The van der Waals surface area contributed by atoms with Gasteiger partial charge in [0.25, 0.3) is 5.91 Å². The van der Waals surface area contributed by atoms with Crippen LogP contribution < -0.4 is 5.32 Å². The molecule has 1 aliphatic rings. The Morgan fingerprint density at radius 2 is 2.47 bits per heavy atom. The van der Waals surface area contributed by atoms with Gasteiger partial charge in [-0.2, -0.15) is 11.8 Å². The van der Waals surface area contributed by atoms with E-state index in [0.29, 0.717) is 5.25 Å². The molecule has 0 saturated carbocycles. The van der Waals surface area contributed by atoms with Crippen LogP contribution in [0.4, 0.5) is 0 Å². The second-order valence-corrected chi connectivity index (χ2v) is 5.50. The zero-order valence-electron chi connectivity index (χ0n) is 8.33. The molecular weight excluding hydrogens is 234 g/mol. The number of nitrogens with one attached hydrogen (secondary N) is 1. The molecule has 2 rings (SSSR count). The summed E-state index contributed by atoms with van der Waals surface area (Å²) >= 11 is 7.47. The van der Waals surface area contributed by atoms with Gasteiger partial charge in [-0.15, -0.1) is 0 Å². The van der Waals surface area contributed by atoms with E-state index >= 15 is 0 Å². The van der Waals surface area contributed by atoms with Gasteiger partial charge in [0.05, 0.1) is 0 Å². The molecule has 1 N–H and O–H groups in total. The molecule has 0 bridgehead atoms. The van der Waals surface area contributed by atoms with E-state index in [9.17, 15) is 4.79 Å². The lowest BCUT2D eigenvalue weighted by atomic mass is 10.2. The zero-order valence-corrected chi connectivity index (χ0v) is 9.90. The molecule has 2 unspecified atom stereocenters. The van der Waals surface area contributed by atoms with Crippen molar-refractivity contribution < 1.29 is 9.21 Å². The molecule has 1 saturated heterocycles. The number of rotatable bonds is 2. The molecule has 0 radical (unpaired) electrons. The monoisotopic (exact) mass is 245 g/mol. The normalized spacial score (nSPS) is 25.5. The molecule has 2 atom stereocenters. The van der Waals surface area contributed by atoms with Crippen LogP contribution >= 0.6 is 23.4 Å². The van der Waals surface area contributed by atoms with Crippen LogP contribution in [-0.4, -0.2) is 23.0 Å². The van der Waals surface area contributed by atoms with Crippen LogP contribution in [0, 0.1) is 0 Å². The van der Waals surface area contributed by atoms with Crippen molar-refractivity contribution in [2.24, 2.45) is 0 Å². The van der Waals surface area contributed by atoms with Gasteiger partial charge in [0.2, 0.25) is 0 Å². The van der Waals surface area contributed by atoms with Crippen molar-refractivity contribution in [3.63, 3.8) is 0 Å². The van der Waals surface area contributed by atoms with E-state index in [4.69, 9.17) is 16.0 Å². The maximum atomic E-state index is 11.6. The fourth-order valence-corrected chi connectivity index (χ4v) is 2.91. The topological polar surface area (TPSA) is 42.2 Å². The fraction of sp³-hybridized carbons (Fsp3) is 0.500. The molecular formula is C10H12ClNO2S. The maximum Gasteiger partial charge on any atom is 0.287 e. The summed E-state index contributed by atoms with van der Waals surface area (Å²) in [6, 6.07) is 3.41. The highest BCUT2D eigenvalue weighted by atomic mass is 35.5. The molecule has 5 heteroatoms. The Bertz CT molecular complexity index is 366. The average molecular weight is 246 g/mol. The molecule has 1 aliphatic heterocycles. The minimum atomic E-state index is -0.179. The first kappa shape index (κ1) is 10.9. The number of carbonyl (C=O) groups excluding carboxylic acids is 1. The van der Waals surface area contributed by atoms with E-state index in [1.54, 1.807) is 12.1 Å². The molecule has 0 aliphatic carbocycles. The van der Waals surface area contributed by atoms with Crippen LogP contribution in [0.1, 0.15) is 23.9 Å². The van der Waals surface area contributed by atoms with Gasteiger partial charge in [0, 0.05) is 17.0 Å². The Kier molecular flexibility index (Phi) is 3.26. The number of hydrogen-bond donors (Lipinski definition) is 1. The van der Waals surface area contributed by atoms with Crippen LogP contribution in [0.25, 0.3) is 0 Å². The van der Waals surface area contributed by atoms with E-state index in [1.807, 2.05) is 11.8 Å². The van der Waals surface area contributed by atoms with Crippen LogP contribution in [-0.2, 0) is 0 Å². The number of furan rings is 1. The third-order valence-electron chi connectivity index (χ3n) is 2.33. The smallest absolute Gasteiger partial charge is 0.287 e. The molecule has 1 amide bonds. The quantitative estimate of drug-likeness (QED) is 0.871. The third-order valence-corrected chi connectivity index (χ3v) is 3.89. The SMILES string of the molecule is CC1CC(NC(=O)c2ccc(Cl)o2)CS1. The molecule has 1 aromatic heterocycles. The highest BCUT2D eigenvalue weighted by molar-refractivity contribution is 8.00. The summed E-state index contributed by atoms with van der Waals surface area (Å²) in [5.74, 6) is 1.08. The minimum absolute atomic E-state index is 0.179. The molecule has 0 aromatic carbocycles. The lowest BCUT2D eigenvalue weighted by Gasteiger charge is -2.09. The Balaban J connectivity index is 1.92. The zero-order chi connectivity index (χ0) is 10.8. The van der Waals surface area contributed by atoms with Crippen molar-refractivity contribution in [2.75, 3.05) is 5.75 Å². The van der Waals surface area contributed by atoms with Gasteiger partial charge in [-0.05, 0) is 30.2 Å². The Morgan fingerprint density at radius 3 is 3.00 bits per heavy atom. The number of hydrogen-bond acceptors (Lipinski definition) is 3. The standard InChI is InChI=1S/C10H12ClNO2S/c1-6-4-7(5-15-6)12-10(13)8-2-3-9(11)14-8/h2-3,6-7H,4-5H2,1H3,(H,12,13). The van der Waals surface area contributed by atoms with Crippen molar-refractivity contribution in [1.82, 2.24) is 5.32 Å². The molecule has 1 aromatic rings. The minimum Gasteiger partial charge on any atom is -0.440 e. The molecule has 3 nitrogen and oxygen atoms in total. The van der Waals surface area contributed by atoms with Crippen LogP contribution in [0.5, 0.6) is 0 Å². The lowest BCUT2D eigenvalue weighted by Crippen LogP contribution is -2.34. The highest BCUT2D eigenvalue weighted by Crippen LogP contribution is 2.26. The van der Waals surface area contributed by atoms with Gasteiger partial charge in [0.1, 0.15) is 0 Å². The Hall–Kier alpha value is -0.610. The van der Waals surface area contributed by atoms with Crippen molar-refractivity contribution in [2.45, 2.75) is 24.6 Å². The van der Waals surface area contributed by atoms with Gasteiger partial charge in [0.15, 0.2) is 11.0 Å². The summed E-state index contributed by atoms with van der Waals surface area (Å²) in [7, 11) is 0. The van der Waals surface area contributed by atoms with E-state index < -0.39 is 0 Å². The number of carbonyl (C=O) groups is 1. The van der Waals surface area contributed by atoms with E-state index in [0.717, 1.165) is 12.2 Å². The largest absolute Gasteiger partial charge is 0.440 e. The molecule has 82 valence electrons. The summed E-state index contributed by atoms with van der Waals surface area (Å²) in [6.45, 7) is 2.17. The molecule has 0 spiro atoms. The Morgan fingerprint density at radius 1 is 1.67 bits per heavy atom. The molecule has 2 heterocycles. The Labute approximate surface area is 97.5 Å². The maximum absolute atomic E-state index is 11.6. The van der Waals surface area contributed by atoms with Crippen molar-refractivity contribution >= 4 is 29.3 Å². The number of amides is 1. The van der Waals surface area contributed by atoms with E-state index in [1.165, 1.54) is 0 Å². The van der Waals surface area contributed by atoms with E-state index in [2.05, 4.69) is 12.2 Å². The first-order valence-corrected chi connectivity index (χ1v) is 6.25. The fourth-order valence-electron chi connectivity index (χ4n) is 1.61. The first-order valence-electron chi connectivity index (χ1n) is 4.83. The second-order valence-electron chi connectivity index (χ2n) is 3.65. The van der Waals surface area contributed by atoms with Crippen LogP contribution in [0.15, 0.2) is 16.5 Å². The summed E-state index contributed by atoms with van der Waals surface area (Å²) in [4.78, 5) is 11.6. The number of halogens is 1. The van der Waals surface area contributed by atoms with Gasteiger partial charge in [-0.3, -0.25) is 4.79 Å². The number of thioether (sulfide) groups is 1. The predicted octanol–water partition coefficient (Wildman–Crippen LogP) is 2.56. The van der Waals surface area contributed by atoms with Gasteiger partial charge in [-0.25, -0.2) is 0 Å². The van der Waals surface area contributed by atoms with Gasteiger partial charge < -0.3 is 9.73 Å². The lowest BCUT2D eigenvalue weighted by molar-refractivity contribution is 0.0912. The first-order chi connectivity index (χ1) is 7.15. The average Bonchev–Trinajstić information content (AvgIpc) is 2.75. The van der Waals surface area contributed by atoms with Crippen LogP contribution in [0.2, 0.25) is 5.22 Å². The summed E-state index contributed by atoms with van der Waals surface area (Å²) in [5.41, 5.74) is 0. The van der Waals surface area contributed by atoms with Gasteiger partial charge in [-0.1, -0.05) is 6.92 Å². The summed E-state index contributed by atoms with van der Waals surface area (Å²) in [5, 5.41) is 3.79. The predicted molar refractivity (Wildman–Crippen MR) is 61.5 cm³/mol. The molecule has 1 fully saturated rings. The highest BCUT2D eigenvalue weighted by Gasteiger charge is 2.24. The summed E-state index contributed by atoms with van der Waals surface area (Å²) in [6.07, 6.45) is 1.02. The third kappa shape index (κ3) is 2.69.